The Bertz CT molecular complexity index is 625. The third-order valence-electron chi connectivity index (χ3n) is 4.72. The predicted molar refractivity (Wildman–Crippen MR) is 101 cm³/mol. The van der Waals surface area contributed by atoms with Gasteiger partial charge in [-0.2, -0.15) is 0 Å². The topological polar surface area (TPSA) is 58.0 Å². The van der Waals surface area contributed by atoms with Crippen molar-refractivity contribution in [2.75, 3.05) is 12.4 Å². The van der Waals surface area contributed by atoms with E-state index in [1.807, 2.05) is 18.2 Å². The lowest BCUT2D eigenvalue weighted by Gasteiger charge is -2.29. The first-order valence-electron chi connectivity index (χ1n) is 8.63. The smallest absolute Gasteiger partial charge is 0.137 e. The molecule has 1 aromatic carbocycles. The molecule has 1 heterocycles. The number of methoxy groups -OCH3 is 1. The molecule has 2 atom stereocenters. The molecule has 1 saturated carbocycles. The molecule has 0 amide bonds. The van der Waals surface area contributed by atoms with Gasteiger partial charge in [-0.25, -0.2) is 0 Å². The van der Waals surface area contributed by atoms with Gasteiger partial charge >= 0.3 is 0 Å². The van der Waals surface area contributed by atoms with Gasteiger partial charge in [-0.05, 0) is 31.0 Å². The number of halogens is 1. The van der Waals surface area contributed by atoms with Crippen molar-refractivity contribution in [3.63, 3.8) is 0 Å². The van der Waals surface area contributed by atoms with Crippen LogP contribution in [0.5, 0.6) is 5.75 Å². The van der Waals surface area contributed by atoms with Crippen molar-refractivity contribution in [1.29, 1.82) is 0 Å². The fourth-order valence-electron chi connectivity index (χ4n) is 3.24. The van der Waals surface area contributed by atoms with Crippen molar-refractivity contribution in [2.45, 2.75) is 51.2 Å². The molecule has 2 aliphatic rings. The first-order valence-corrected chi connectivity index (χ1v) is 9.01. The molecule has 0 bridgehead atoms. The van der Waals surface area contributed by atoms with Crippen LogP contribution in [0.4, 0.5) is 5.69 Å². The highest BCUT2D eigenvalue weighted by Gasteiger charge is 2.26. The van der Waals surface area contributed by atoms with Crippen molar-refractivity contribution in [3.05, 3.63) is 23.2 Å². The highest BCUT2D eigenvalue weighted by Crippen LogP contribution is 2.28. The zero-order valence-corrected chi connectivity index (χ0v) is 15.0. The Balaban J connectivity index is 1.69. The molecule has 1 fully saturated rings. The minimum absolute atomic E-state index is 0.0574. The van der Waals surface area contributed by atoms with E-state index in [9.17, 15) is 0 Å². The Morgan fingerprint density at radius 2 is 2.08 bits per heavy atom. The Kier molecular flexibility index (Phi) is 5.61. The second kappa shape index (κ2) is 7.88. The van der Waals surface area contributed by atoms with E-state index in [1.54, 1.807) is 13.4 Å². The molecule has 1 aliphatic heterocycles. The van der Waals surface area contributed by atoms with E-state index in [0.29, 0.717) is 16.8 Å². The Morgan fingerprint density at radius 3 is 2.79 bits per heavy atom. The highest BCUT2D eigenvalue weighted by atomic mass is 35.5. The molecule has 6 heteroatoms. The Hall–Kier alpha value is -1.75. The van der Waals surface area contributed by atoms with Gasteiger partial charge in [0.2, 0.25) is 0 Å². The third-order valence-corrected chi connectivity index (χ3v) is 5.01. The number of amidine groups is 1. The molecule has 0 aromatic heterocycles. The molecule has 0 radical (unpaired) electrons. The molecule has 2 unspecified atom stereocenters. The second-order valence-electron chi connectivity index (χ2n) is 6.46. The summed E-state index contributed by atoms with van der Waals surface area (Å²) in [6.45, 7) is 2.15. The Morgan fingerprint density at radius 1 is 1.29 bits per heavy atom. The number of aliphatic imine (C=N–C) groups is 2. The second-order valence-corrected chi connectivity index (χ2v) is 6.86. The first kappa shape index (κ1) is 17.1. The number of nitrogens with one attached hydrogen (secondary N) is 2. The van der Waals surface area contributed by atoms with Gasteiger partial charge < -0.3 is 15.4 Å². The number of benzene rings is 1. The highest BCUT2D eigenvalue weighted by molar-refractivity contribution is 6.32. The van der Waals surface area contributed by atoms with Gasteiger partial charge in [0, 0.05) is 5.69 Å². The maximum atomic E-state index is 6.20. The summed E-state index contributed by atoms with van der Waals surface area (Å²) in [5.74, 6) is 1.87. The molecular formula is C18H25ClN4O. The first-order chi connectivity index (χ1) is 11.7. The lowest BCUT2D eigenvalue weighted by Crippen LogP contribution is -2.43. The molecule has 3 rings (SSSR count). The fraction of sp³-hybridized carbons (Fsp3) is 0.556. The summed E-state index contributed by atoms with van der Waals surface area (Å²) < 4.78 is 5.19. The molecule has 0 saturated heterocycles. The van der Waals surface area contributed by atoms with Gasteiger partial charge in [0.25, 0.3) is 0 Å². The van der Waals surface area contributed by atoms with Crippen LogP contribution in [-0.2, 0) is 0 Å². The quantitative estimate of drug-likeness (QED) is 0.861. The SMILES string of the molecule is COc1ccc(NC2N=CNC(=NC3CCCCC3)C2C)cc1Cl. The number of anilines is 1. The molecular weight excluding hydrogens is 324 g/mol. The number of ether oxygens (including phenoxy) is 1. The average Bonchev–Trinajstić information content (AvgIpc) is 2.60. The maximum absolute atomic E-state index is 6.20. The summed E-state index contributed by atoms with van der Waals surface area (Å²) in [7, 11) is 1.61. The average molecular weight is 349 g/mol. The molecule has 1 aliphatic carbocycles. The zero-order chi connectivity index (χ0) is 16.9. The van der Waals surface area contributed by atoms with Crippen molar-refractivity contribution in [2.24, 2.45) is 15.9 Å². The van der Waals surface area contributed by atoms with Gasteiger partial charge in [0.15, 0.2) is 0 Å². The monoisotopic (exact) mass is 348 g/mol. The van der Waals surface area contributed by atoms with E-state index >= 15 is 0 Å². The number of hydrogen-bond donors (Lipinski definition) is 2. The van der Waals surface area contributed by atoms with Crippen molar-refractivity contribution >= 4 is 29.5 Å². The summed E-state index contributed by atoms with van der Waals surface area (Å²) in [6, 6.07) is 6.12. The number of nitrogens with zero attached hydrogens (tertiary/aromatic N) is 2. The minimum atomic E-state index is -0.0574. The largest absolute Gasteiger partial charge is 0.495 e. The van der Waals surface area contributed by atoms with Crippen LogP contribution in [0.3, 0.4) is 0 Å². The standard InChI is InChI=1S/C18H25ClN4O/c1-12-17(22-13-6-4-3-5-7-13)20-11-21-18(12)23-14-8-9-16(24-2)15(19)10-14/h8-13,18,23H,3-7H2,1-2H3,(H,20,21,22). The summed E-state index contributed by atoms with van der Waals surface area (Å²) in [5, 5.41) is 7.25. The third kappa shape index (κ3) is 4.01. The van der Waals surface area contributed by atoms with Gasteiger partial charge in [-0.15, -0.1) is 0 Å². The Labute approximate surface area is 148 Å². The molecule has 2 N–H and O–H groups in total. The van der Waals surface area contributed by atoms with Crippen LogP contribution in [0.15, 0.2) is 28.2 Å². The van der Waals surface area contributed by atoms with Crippen LogP contribution in [0.25, 0.3) is 0 Å². The molecule has 130 valence electrons. The van der Waals surface area contributed by atoms with E-state index in [4.69, 9.17) is 21.3 Å². The van der Waals surface area contributed by atoms with E-state index < -0.39 is 0 Å². The summed E-state index contributed by atoms with van der Waals surface area (Å²) in [4.78, 5) is 9.46. The van der Waals surface area contributed by atoms with E-state index in [-0.39, 0.29) is 12.1 Å². The van der Waals surface area contributed by atoms with Gasteiger partial charge in [0.05, 0.1) is 30.4 Å². The van der Waals surface area contributed by atoms with E-state index in [2.05, 4.69) is 22.5 Å². The minimum Gasteiger partial charge on any atom is -0.495 e. The lowest BCUT2D eigenvalue weighted by atomic mass is 9.95. The van der Waals surface area contributed by atoms with E-state index in [0.717, 1.165) is 11.5 Å². The summed E-state index contributed by atoms with van der Waals surface area (Å²) in [5.41, 5.74) is 0.925. The van der Waals surface area contributed by atoms with Gasteiger partial charge in [0.1, 0.15) is 17.8 Å². The molecule has 0 spiro atoms. The normalized spacial score (nSPS) is 26.2. The van der Waals surface area contributed by atoms with Crippen LogP contribution in [0, 0.1) is 5.92 Å². The fourth-order valence-corrected chi connectivity index (χ4v) is 3.50. The van der Waals surface area contributed by atoms with Crippen LogP contribution in [-0.4, -0.2) is 31.5 Å². The van der Waals surface area contributed by atoms with Crippen molar-refractivity contribution in [1.82, 2.24) is 5.32 Å². The maximum Gasteiger partial charge on any atom is 0.137 e. The van der Waals surface area contributed by atoms with Crippen LogP contribution in [0.2, 0.25) is 5.02 Å². The van der Waals surface area contributed by atoms with Crippen LogP contribution < -0.4 is 15.4 Å². The van der Waals surface area contributed by atoms with Crippen LogP contribution >= 0.6 is 11.6 Å². The van der Waals surface area contributed by atoms with Gasteiger partial charge in [-0.1, -0.05) is 37.8 Å². The number of hydrogen-bond acceptors (Lipinski definition) is 4. The summed E-state index contributed by atoms with van der Waals surface area (Å²) in [6.07, 6.45) is 7.99. The van der Waals surface area contributed by atoms with Crippen molar-refractivity contribution < 1.29 is 4.74 Å². The molecule has 5 nitrogen and oxygen atoms in total. The summed E-state index contributed by atoms with van der Waals surface area (Å²) >= 11 is 6.20. The molecule has 24 heavy (non-hydrogen) atoms. The van der Waals surface area contributed by atoms with Gasteiger partial charge in [-0.3, -0.25) is 9.98 Å². The lowest BCUT2D eigenvalue weighted by molar-refractivity contribution is 0.415. The zero-order valence-electron chi connectivity index (χ0n) is 14.3. The molecule has 1 aromatic rings. The predicted octanol–water partition coefficient (Wildman–Crippen LogP) is 4.09. The van der Waals surface area contributed by atoms with Crippen LogP contribution in [0.1, 0.15) is 39.0 Å². The number of rotatable bonds is 4. The van der Waals surface area contributed by atoms with E-state index in [1.165, 1.54) is 32.1 Å². The van der Waals surface area contributed by atoms with Crippen molar-refractivity contribution in [3.8, 4) is 5.75 Å².